The average molecular weight is 451 g/mol. The van der Waals surface area contributed by atoms with Gasteiger partial charge in [-0.15, -0.1) is 0 Å². The summed E-state index contributed by atoms with van der Waals surface area (Å²) in [5.74, 6) is 2.82. The second-order valence-corrected chi connectivity index (χ2v) is 10.7. The lowest BCUT2D eigenvalue weighted by molar-refractivity contribution is 0.258. The third kappa shape index (κ3) is 4.79. The molecule has 178 valence electrons. The van der Waals surface area contributed by atoms with Gasteiger partial charge in [0.1, 0.15) is 36.9 Å². The van der Waals surface area contributed by atoms with E-state index >= 15 is 0 Å². The molecule has 0 amide bonds. The van der Waals surface area contributed by atoms with E-state index in [1.165, 1.54) is 59.1 Å². The summed E-state index contributed by atoms with van der Waals surface area (Å²) in [6.45, 7) is 14.1. The Kier molecular flexibility index (Phi) is 6.17. The van der Waals surface area contributed by atoms with Gasteiger partial charge in [-0.1, -0.05) is 31.2 Å². The molecule has 0 N–H and O–H groups in total. The standard InChI is InChI=1S/C29H38O4/c1-18-6-8-29(9-7-18,23-10-19(2)27(20(3)11-23)32-16-25-14-30-25)24-12-21(4)28(22(5)13-24)33-17-26-15-31-26/h10-13,18,25-26H,6-9,14-17H2,1-5H3. The minimum Gasteiger partial charge on any atom is -0.490 e. The maximum absolute atomic E-state index is 6.14. The number of rotatable bonds is 8. The van der Waals surface area contributed by atoms with E-state index in [1.807, 2.05) is 0 Å². The van der Waals surface area contributed by atoms with Crippen LogP contribution >= 0.6 is 0 Å². The molecular formula is C29H38O4. The molecular weight excluding hydrogens is 412 g/mol. The van der Waals surface area contributed by atoms with Crippen molar-refractivity contribution in [3.05, 3.63) is 57.6 Å². The van der Waals surface area contributed by atoms with Gasteiger partial charge >= 0.3 is 0 Å². The number of hydrogen-bond acceptors (Lipinski definition) is 4. The van der Waals surface area contributed by atoms with Crippen LogP contribution in [0.2, 0.25) is 0 Å². The number of hydrogen-bond donors (Lipinski definition) is 0. The molecule has 0 aromatic heterocycles. The summed E-state index contributed by atoms with van der Waals surface area (Å²) in [5.41, 5.74) is 7.79. The number of benzene rings is 2. The second-order valence-electron chi connectivity index (χ2n) is 10.7. The quantitative estimate of drug-likeness (QED) is 0.465. The van der Waals surface area contributed by atoms with Crippen molar-refractivity contribution in [1.29, 1.82) is 0 Å². The van der Waals surface area contributed by atoms with Crippen molar-refractivity contribution in [3.63, 3.8) is 0 Å². The molecule has 2 unspecified atom stereocenters. The monoisotopic (exact) mass is 450 g/mol. The summed E-state index contributed by atoms with van der Waals surface area (Å²) in [4.78, 5) is 0. The van der Waals surface area contributed by atoms with E-state index in [0.717, 1.165) is 30.6 Å². The molecule has 33 heavy (non-hydrogen) atoms. The summed E-state index contributed by atoms with van der Waals surface area (Å²) >= 11 is 0. The third-order valence-corrected chi connectivity index (χ3v) is 7.79. The average Bonchev–Trinajstić information content (AvgIpc) is 3.68. The Morgan fingerprint density at radius 1 is 0.727 bits per heavy atom. The predicted molar refractivity (Wildman–Crippen MR) is 131 cm³/mol. The van der Waals surface area contributed by atoms with Gasteiger partial charge < -0.3 is 18.9 Å². The maximum Gasteiger partial charge on any atom is 0.125 e. The molecule has 4 heteroatoms. The van der Waals surface area contributed by atoms with Crippen LogP contribution in [0.4, 0.5) is 0 Å². The fourth-order valence-corrected chi connectivity index (χ4v) is 5.59. The molecule has 0 spiro atoms. The molecule has 0 radical (unpaired) electrons. The predicted octanol–water partition coefficient (Wildman–Crippen LogP) is 5.97. The lowest BCUT2D eigenvalue weighted by atomic mass is 9.62. The van der Waals surface area contributed by atoms with Gasteiger partial charge in [0.05, 0.1) is 13.2 Å². The Morgan fingerprint density at radius 2 is 1.09 bits per heavy atom. The molecule has 2 saturated heterocycles. The van der Waals surface area contributed by atoms with Crippen molar-refractivity contribution < 1.29 is 18.9 Å². The van der Waals surface area contributed by atoms with Crippen LogP contribution in [0.3, 0.4) is 0 Å². The van der Waals surface area contributed by atoms with Crippen LogP contribution in [0.15, 0.2) is 24.3 Å². The lowest BCUT2D eigenvalue weighted by Gasteiger charge is -2.41. The van der Waals surface area contributed by atoms with Crippen molar-refractivity contribution in [1.82, 2.24) is 0 Å². The van der Waals surface area contributed by atoms with Crippen molar-refractivity contribution >= 4 is 0 Å². The number of epoxide rings is 2. The van der Waals surface area contributed by atoms with Gasteiger partial charge in [0.2, 0.25) is 0 Å². The zero-order chi connectivity index (χ0) is 23.2. The lowest BCUT2D eigenvalue weighted by Crippen LogP contribution is -2.33. The van der Waals surface area contributed by atoms with Gasteiger partial charge in [-0.3, -0.25) is 0 Å². The Balaban J connectivity index is 1.50. The van der Waals surface area contributed by atoms with Crippen molar-refractivity contribution in [2.45, 2.75) is 77.9 Å². The highest BCUT2D eigenvalue weighted by atomic mass is 16.6. The first-order valence-corrected chi connectivity index (χ1v) is 12.6. The minimum atomic E-state index is 0.0355. The van der Waals surface area contributed by atoms with Crippen molar-refractivity contribution in [2.75, 3.05) is 26.4 Å². The van der Waals surface area contributed by atoms with Crippen LogP contribution in [-0.4, -0.2) is 38.6 Å². The Hall–Kier alpha value is -2.04. The molecule has 1 aliphatic carbocycles. The van der Waals surface area contributed by atoms with E-state index in [2.05, 4.69) is 58.9 Å². The van der Waals surface area contributed by atoms with Gasteiger partial charge in [0.15, 0.2) is 0 Å². The van der Waals surface area contributed by atoms with Gasteiger partial charge in [0.25, 0.3) is 0 Å². The van der Waals surface area contributed by atoms with E-state index in [-0.39, 0.29) is 17.6 Å². The first-order valence-electron chi connectivity index (χ1n) is 12.6. The SMILES string of the molecule is Cc1cc(C2(c3cc(C)c(OCC4CO4)c(C)c3)CCC(C)CC2)cc(C)c1OCC1CO1. The zero-order valence-electron chi connectivity index (χ0n) is 20.8. The molecule has 4 nitrogen and oxygen atoms in total. The summed E-state index contributed by atoms with van der Waals surface area (Å²) in [6, 6.07) is 9.52. The molecule has 2 heterocycles. The van der Waals surface area contributed by atoms with E-state index in [0.29, 0.717) is 13.2 Å². The molecule has 2 aromatic rings. The fourth-order valence-electron chi connectivity index (χ4n) is 5.59. The summed E-state index contributed by atoms with van der Waals surface area (Å²) in [7, 11) is 0. The molecule has 3 aliphatic rings. The van der Waals surface area contributed by atoms with Crippen LogP contribution in [0.1, 0.15) is 66.0 Å². The molecule has 2 aromatic carbocycles. The van der Waals surface area contributed by atoms with Gasteiger partial charge in [-0.2, -0.15) is 0 Å². The third-order valence-electron chi connectivity index (χ3n) is 7.79. The van der Waals surface area contributed by atoms with E-state index < -0.39 is 0 Å². The number of ether oxygens (including phenoxy) is 4. The Morgan fingerprint density at radius 3 is 1.42 bits per heavy atom. The largest absolute Gasteiger partial charge is 0.490 e. The van der Waals surface area contributed by atoms with Crippen LogP contribution in [-0.2, 0) is 14.9 Å². The second kappa shape index (κ2) is 8.96. The molecule has 0 bridgehead atoms. The highest BCUT2D eigenvalue weighted by Crippen LogP contribution is 2.49. The molecule has 2 atom stereocenters. The van der Waals surface area contributed by atoms with Gasteiger partial charge in [-0.05, 0) is 92.7 Å². The normalized spacial score (nSPS) is 28.5. The van der Waals surface area contributed by atoms with Crippen molar-refractivity contribution in [3.8, 4) is 11.5 Å². The first kappa shape index (κ1) is 22.7. The zero-order valence-corrected chi connectivity index (χ0v) is 20.8. The first-order chi connectivity index (χ1) is 15.9. The molecule has 2 aliphatic heterocycles. The van der Waals surface area contributed by atoms with E-state index in [1.54, 1.807) is 0 Å². The van der Waals surface area contributed by atoms with E-state index in [4.69, 9.17) is 18.9 Å². The number of aryl methyl sites for hydroxylation is 4. The molecule has 3 fully saturated rings. The summed E-state index contributed by atoms with van der Waals surface area (Å²) < 4.78 is 23.0. The van der Waals surface area contributed by atoms with Crippen molar-refractivity contribution in [2.24, 2.45) is 5.92 Å². The van der Waals surface area contributed by atoms with Crippen LogP contribution < -0.4 is 9.47 Å². The van der Waals surface area contributed by atoms with E-state index in [9.17, 15) is 0 Å². The van der Waals surface area contributed by atoms with Crippen LogP contribution in [0, 0.1) is 33.6 Å². The van der Waals surface area contributed by atoms with Gasteiger partial charge in [-0.25, -0.2) is 0 Å². The highest BCUT2D eigenvalue weighted by molar-refractivity contribution is 5.53. The molecule has 1 saturated carbocycles. The van der Waals surface area contributed by atoms with Gasteiger partial charge in [0, 0.05) is 5.41 Å². The van der Waals surface area contributed by atoms with Crippen LogP contribution in [0.25, 0.3) is 0 Å². The summed E-state index contributed by atoms with van der Waals surface area (Å²) in [6.07, 6.45) is 5.41. The van der Waals surface area contributed by atoms with Crippen LogP contribution in [0.5, 0.6) is 11.5 Å². The highest BCUT2D eigenvalue weighted by Gasteiger charge is 2.39. The maximum atomic E-state index is 6.14. The smallest absolute Gasteiger partial charge is 0.125 e. The Labute approximate surface area is 198 Å². The minimum absolute atomic E-state index is 0.0355. The molecule has 5 rings (SSSR count). The summed E-state index contributed by atoms with van der Waals surface area (Å²) in [5, 5.41) is 0. The topological polar surface area (TPSA) is 43.5 Å². The Bertz CT molecular complexity index is 891. The fraction of sp³-hybridized carbons (Fsp3) is 0.586.